The second-order valence-corrected chi connectivity index (χ2v) is 7.81. The first-order chi connectivity index (χ1) is 9.90. The Labute approximate surface area is 128 Å². The number of benzene rings is 1. The van der Waals surface area contributed by atoms with Crippen LogP contribution in [0.1, 0.15) is 69.2 Å². The minimum absolute atomic E-state index is 0.261. The Balaban J connectivity index is 2.05. The maximum absolute atomic E-state index is 9.83. The number of fused-ring (bicyclic) bond motifs is 3. The van der Waals surface area contributed by atoms with Crippen molar-refractivity contribution in [2.24, 2.45) is 17.1 Å². The summed E-state index contributed by atoms with van der Waals surface area (Å²) in [4.78, 5) is 0. The molecule has 3 rings (SSSR count). The predicted octanol–water partition coefficient (Wildman–Crippen LogP) is 3.71. The van der Waals surface area contributed by atoms with Crippen LogP contribution in [0, 0.1) is 11.3 Å². The van der Waals surface area contributed by atoms with Crippen molar-refractivity contribution in [2.75, 3.05) is 6.54 Å². The lowest BCUT2D eigenvalue weighted by Crippen LogP contribution is -2.51. The number of rotatable bonds is 2. The molecule has 0 aromatic heterocycles. The lowest BCUT2D eigenvalue weighted by atomic mass is 9.50. The first kappa shape index (κ1) is 15.1. The lowest BCUT2D eigenvalue weighted by Gasteiger charge is -2.55. The van der Waals surface area contributed by atoms with E-state index in [1.54, 1.807) is 0 Å². The number of nitrogens with two attached hydrogens (primary N) is 1. The molecular formula is C19H29NO. The van der Waals surface area contributed by atoms with Crippen LogP contribution in [0.25, 0.3) is 0 Å². The average molecular weight is 287 g/mol. The highest BCUT2D eigenvalue weighted by molar-refractivity contribution is 5.41. The standard InChI is InChI=1S/C19H29NO/c1-13(21)14-5-7-16-15(11-14)6-8-17-18(2,12-20)9-4-10-19(16,17)3/h5,7,11,13,17,21H,4,6,8-10,12,20H2,1-3H3. The summed E-state index contributed by atoms with van der Waals surface area (Å²) in [5, 5.41) is 9.83. The first-order valence-corrected chi connectivity index (χ1v) is 8.42. The summed E-state index contributed by atoms with van der Waals surface area (Å²) in [6.45, 7) is 7.49. The van der Waals surface area contributed by atoms with E-state index in [4.69, 9.17) is 5.73 Å². The summed E-state index contributed by atoms with van der Waals surface area (Å²) < 4.78 is 0. The largest absolute Gasteiger partial charge is 0.389 e. The molecule has 0 saturated heterocycles. The Morgan fingerprint density at radius 3 is 2.76 bits per heavy atom. The summed E-state index contributed by atoms with van der Waals surface area (Å²) in [6.07, 6.45) is 5.81. The molecule has 0 spiro atoms. The smallest absolute Gasteiger partial charge is 0.0762 e. The molecule has 21 heavy (non-hydrogen) atoms. The monoisotopic (exact) mass is 287 g/mol. The van der Waals surface area contributed by atoms with Crippen molar-refractivity contribution in [1.29, 1.82) is 0 Å². The molecule has 2 heteroatoms. The molecule has 0 bridgehead atoms. The number of hydrogen-bond donors (Lipinski definition) is 2. The van der Waals surface area contributed by atoms with Gasteiger partial charge in [0.25, 0.3) is 0 Å². The predicted molar refractivity (Wildman–Crippen MR) is 87.3 cm³/mol. The summed E-state index contributed by atoms with van der Waals surface area (Å²) >= 11 is 0. The Kier molecular flexibility index (Phi) is 3.66. The molecule has 116 valence electrons. The van der Waals surface area contributed by atoms with Crippen LogP contribution in [-0.4, -0.2) is 11.7 Å². The van der Waals surface area contributed by atoms with Gasteiger partial charge in [0.1, 0.15) is 0 Å². The second-order valence-electron chi connectivity index (χ2n) is 7.81. The maximum Gasteiger partial charge on any atom is 0.0762 e. The molecule has 0 aliphatic heterocycles. The van der Waals surface area contributed by atoms with Crippen LogP contribution in [0.3, 0.4) is 0 Å². The highest BCUT2D eigenvalue weighted by Crippen LogP contribution is 2.56. The average Bonchev–Trinajstić information content (AvgIpc) is 2.46. The van der Waals surface area contributed by atoms with Gasteiger partial charge in [-0.05, 0) is 72.6 Å². The number of aliphatic hydroxyl groups is 1. The number of hydrogen-bond acceptors (Lipinski definition) is 2. The third kappa shape index (κ3) is 2.24. The Hall–Kier alpha value is -0.860. The fraction of sp³-hybridized carbons (Fsp3) is 0.684. The van der Waals surface area contributed by atoms with Gasteiger partial charge < -0.3 is 10.8 Å². The van der Waals surface area contributed by atoms with Gasteiger partial charge in [-0.15, -0.1) is 0 Å². The third-order valence-corrected chi connectivity index (χ3v) is 6.45. The zero-order chi connectivity index (χ0) is 15.3. The van der Waals surface area contributed by atoms with Crippen molar-refractivity contribution in [3.63, 3.8) is 0 Å². The summed E-state index contributed by atoms with van der Waals surface area (Å²) in [5.74, 6) is 0.689. The van der Waals surface area contributed by atoms with Crippen LogP contribution >= 0.6 is 0 Å². The molecule has 4 unspecified atom stereocenters. The summed E-state index contributed by atoms with van der Waals surface area (Å²) in [6, 6.07) is 6.63. The minimum atomic E-state index is -0.374. The normalized spacial score (nSPS) is 36.7. The van der Waals surface area contributed by atoms with E-state index in [-0.39, 0.29) is 16.9 Å². The van der Waals surface area contributed by atoms with E-state index >= 15 is 0 Å². The van der Waals surface area contributed by atoms with Gasteiger partial charge in [-0.2, -0.15) is 0 Å². The van der Waals surface area contributed by atoms with Crippen molar-refractivity contribution >= 4 is 0 Å². The van der Waals surface area contributed by atoms with Gasteiger partial charge in [0, 0.05) is 0 Å². The zero-order valence-electron chi connectivity index (χ0n) is 13.7. The van der Waals surface area contributed by atoms with Gasteiger partial charge in [0.15, 0.2) is 0 Å². The Morgan fingerprint density at radius 2 is 2.10 bits per heavy atom. The van der Waals surface area contributed by atoms with Crippen LogP contribution in [0.4, 0.5) is 0 Å². The van der Waals surface area contributed by atoms with Crippen LogP contribution in [-0.2, 0) is 11.8 Å². The van der Waals surface area contributed by atoms with Crippen LogP contribution in [0.5, 0.6) is 0 Å². The van der Waals surface area contributed by atoms with E-state index in [1.807, 2.05) is 6.92 Å². The topological polar surface area (TPSA) is 46.2 Å². The molecule has 2 aliphatic carbocycles. The molecular weight excluding hydrogens is 258 g/mol. The highest BCUT2D eigenvalue weighted by atomic mass is 16.3. The molecule has 3 N–H and O–H groups in total. The van der Waals surface area contributed by atoms with Gasteiger partial charge in [-0.3, -0.25) is 0 Å². The van der Waals surface area contributed by atoms with Crippen molar-refractivity contribution in [3.05, 3.63) is 34.9 Å². The molecule has 0 amide bonds. The molecule has 2 nitrogen and oxygen atoms in total. The fourth-order valence-corrected chi connectivity index (χ4v) is 5.15. The van der Waals surface area contributed by atoms with Gasteiger partial charge in [0.2, 0.25) is 0 Å². The highest BCUT2D eigenvalue weighted by Gasteiger charge is 2.50. The van der Waals surface area contributed by atoms with E-state index in [0.717, 1.165) is 18.5 Å². The molecule has 1 saturated carbocycles. The third-order valence-electron chi connectivity index (χ3n) is 6.45. The van der Waals surface area contributed by atoms with E-state index in [0.29, 0.717) is 5.92 Å². The van der Waals surface area contributed by atoms with Crippen LogP contribution < -0.4 is 5.73 Å². The van der Waals surface area contributed by atoms with Crippen molar-refractivity contribution in [2.45, 2.75) is 64.4 Å². The van der Waals surface area contributed by atoms with E-state index in [2.05, 4.69) is 32.0 Å². The van der Waals surface area contributed by atoms with Gasteiger partial charge in [-0.1, -0.05) is 38.5 Å². The number of aryl methyl sites for hydroxylation is 1. The molecule has 1 aromatic carbocycles. The molecule has 1 fully saturated rings. The zero-order valence-corrected chi connectivity index (χ0v) is 13.7. The SMILES string of the molecule is CC(O)c1ccc2c(c1)CCC1C(C)(CN)CCCC21C. The van der Waals surface area contributed by atoms with Crippen LogP contribution in [0.2, 0.25) is 0 Å². The van der Waals surface area contributed by atoms with E-state index in [9.17, 15) is 5.11 Å². The molecule has 2 aliphatic rings. The van der Waals surface area contributed by atoms with Crippen LogP contribution in [0.15, 0.2) is 18.2 Å². The molecule has 0 heterocycles. The van der Waals surface area contributed by atoms with E-state index in [1.165, 1.54) is 36.8 Å². The fourth-order valence-electron chi connectivity index (χ4n) is 5.15. The quantitative estimate of drug-likeness (QED) is 0.871. The molecule has 4 atom stereocenters. The summed E-state index contributed by atoms with van der Waals surface area (Å²) in [7, 11) is 0. The summed E-state index contributed by atoms with van der Waals surface area (Å²) in [5.41, 5.74) is 10.7. The molecule has 1 aromatic rings. The van der Waals surface area contributed by atoms with E-state index < -0.39 is 0 Å². The Morgan fingerprint density at radius 1 is 1.33 bits per heavy atom. The van der Waals surface area contributed by atoms with Crippen molar-refractivity contribution in [1.82, 2.24) is 0 Å². The Bertz CT molecular complexity index is 538. The van der Waals surface area contributed by atoms with Gasteiger partial charge >= 0.3 is 0 Å². The molecule has 0 radical (unpaired) electrons. The van der Waals surface area contributed by atoms with Crippen molar-refractivity contribution < 1.29 is 5.11 Å². The van der Waals surface area contributed by atoms with Crippen molar-refractivity contribution in [3.8, 4) is 0 Å². The van der Waals surface area contributed by atoms with Gasteiger partial charge in [0.05, 0.1) is 6.10 Å². The first-order valence-electron chi connectivity index (χ1n) is 8.42. The minimum Gasteiger partial charge on any atom is -0.389 e. The van der Waals surface area contributed by atoms with Gasteiger partial charge in [-0.25, -0.2) is 0 Å². The maximum atomic E-state index is 9.83. The number of aliphatic hydroxyl groups excluding tert-OH is 1. The lowest BCUT2D eigenvalue weighted by molar-refractivity contribution is 0.0326. The second kappa shape index (κ2) is 5.10.